The van der Waals surface area contributed by atoms with Crippen LogP contribution in [0.4, 0.5) is 10.6 Å². The maximum Gasteiger partial charge on any atom is 0.323 e. The molecule has 0 aromatic carbocycles. The number of anilines is 1. The van der Waals surface area contributed by atoms with E-state index < -0.39 is 0 Å². The number of aromatic nitrogens is 1. The molecule has 7 heteroatoms. The van der Waals surface area contributed by atoms with Crippen LogP contribution in [0.25, 0.3) is 0 Å². The van der Waals surface area contributed by atoms with E-state index in [0.29, 0.717) is 31.7 Å². The molecule has 1 aromatic heterocycles. The predicted octanol–water partition coefficient (Wildman–Crippen LogP) is 2.26. The molecule has 20 heavy (non-hydrogen) atoms. The lowest BCUT2D eigenvalue weighted by atomic mass is 9.97. The Balaban J connectivity index is 1.85. The number of methoxy groups -OCH3 is 1. The van der Waals surface area contributed by atoms with Crippen LogP contribution in [0.3, 0.4) is 0 Å². The van der Waals surface area contributed by atoms with Gasteiger partial charge in [-0.25, -0.2) is 9.78 Å². The average Bonchev–Trinajstić information content (AvgIpc) is 2.49. The minimum atomic E-state index is -0.195. The summed E-state index contributed by atoms with van der Waals surface area (Å²) in [6.45, 7) is 1.09. The van der Waals surface area contributed by atoms with E-state index in [1.807, 2.05) is 6.07 Å². The Labute approximate surface area is 125 Å². The molecule has 6 nitrogen and oxygen atoms in total. The molecular formula is C13H16BrN3O3. The Kier molecular flexibility index (Phi) is 4.94. The van der Waals surface area contributed by atoms with Gasteiger partial charge in [-0.1, -0.05) is 0 Å². The van der Waals surface area contributed by atoms with Gasteiger partial charge in [0, 0.05) is 23.8 Å². The Morgan fingerprint density at radius 3 is 2.65 bits per heavy atom. The average molecular weight is 342 g/mol. The van der Waals surface area contributed by atoms with Crippen LogP contribution in [-0.2, 0) is 9.53 Å². The molecule has 108 valence electrons. The largest absolute Gasteiger partial charge is 0.469 e. The van der Waals surface area contributed by atoms with E-state index in [1.165, 1.54) is 7.11 Å². The number of rotatable bonds is 2. The first kappa shape index (κ1) is 14.8. The number of urea groups is 1. The fourth-order valence-electron chi connectivity index (χ4n) is 2.12. The van der Waals surface area contributed by atoms with Crippen molar-refractivity contribution in [2.45, 2.75) is 12.8 Å². The summed E-state index contributed by atoms with van der Waals surface area (Å²) in [5.74, 6) is 0.211. The topological polar surface area (TPSA) is 71.5 Å². The van der Waals surface area contributed by atoms with Gasteiger partial charge in [0.15, 0.2) is 0 Å². The first-order chi connectivity index (χ1) is 9.60. The van der Waals surface area contributed by atoms with Gasteiger partial charge in [-0.05, 0) is 40.9 Å². The van der Waals surface area contributed by atoms with Crippen molar-refractivity contribution in [3.8, 4) is 0 Å². The Bertz CT molecular complexity index is 484. The van der Waals surface area contributed by atoms with Crippen molar-refractivity contribution in [2.75, 3.05) is 25.5 Å². The summed E-state index contributed by atoms with van der Waals surface area (Å²) < 4.78 is 5.58. The number of esters is 1. The number of carbonyl (C=O) groups is 2. The standard InChI is InChI=1S/C13H16BrN3O3/c1-20-12(18)9-4-6-17(7-5-9)13(19)16-11-3-2-10(14)8-15-11/h2-3,8-9H,4-7H2,1H3,(H,15,16,19). The normalized spacial score (nSPS) is 15.8. The molecule has 0 unspecified atom stereocenters. The Hall–Kier alpha value is -1.63. The van der Waals surface area contributed by atoms with E-state index >= 15 is 0 Å². The quantitative estimate of drug-likeness (QED) is 0.837. The molecular weight excluding hydrogens is 326 g/mol. The molecule has 0 radical (unpaired) electrons. The molecule has 0 bridgehead atoms. The van der Waals surface area contributed by atoms with Crippen LogP contribution < -0.4 is 5.32 Å². The summed E-state index contributed by atoms with van der Waals surface area (Å²) in [5.41, 5.74) is 0. The summed E-state index contributed by atoms with van der Waals surface area (Å²) in [5, 5.41) is 2.74. The lowest BCUT2D eigenvalue weighted by molar-refractivity contribution is -0.146. The Morgan fingerprint density at radius 2 is 2.10 bits per heavy atom. The van der Waals surface area contributed by atoms with Gasteiger partial charge in [-0.15, -0.1) is 0 Å². The maximum atomic E-state index is 12.0. The van der Waals surface area contributed by atoms with E-state index in [-0.39, 0.29) is 17.9 Å². The second-order valence-corrected chi connectivity index (χ2v) is 5.49. The molecule has 0 saturated carbocycles. The van der Waals surface area contributed by atoms with Crippen molar-refractivity contribution in [2.24, 2.45) is 5.92 Å². The molecule has 1 aliphatic rings. The monoisotopic (exact) mass is 341 g/mol. The molecule has 0 atom stereocenters. The number of carbonyl (C=O) groups excluding carboxylic acids is 2. The summed E-state index contributed by atoms with van der Waals surface area (Å²) in [7, 11) is 1.39. The van der Waals surface area contributed by atoms with Crippen LogP contribution in [0, 0.1) is 5.92 Å². The zero-order valence-corrected chi connectivity index (χ0v) is 12.7. The number of piperidine rings is 1. The smallest absolute Gasteiger partial charge is 0.323 e. The van der Waals surface area contributed by atoms with E-state index in [4.69, 9.17) is 4.74 Å². The fourth-order valence-corrected chi connectivity index (χ4v) is 2.36. The molecule has 0 aliphatic carbocycles. The third-order valence-electron chi connectivity index (χ3n) is 3.28. The van der Waals surface area contributed by atoms with Gasteiger partial charge < -0.3 is 9.64 Å². The number of pyridine rings is 1. The zero-order chi connectivity index (χ0) is 14.5. The van der Waals surface area contributed by atoms with Crippen LogP contribution in [0.5, 0.6) is 0 Å². The van der Waals surface area contributed by atoms with Crippen molar-refractivity contribution in [3.05, 3.63) is 22.8 Å². The molecule has 0 spiro atoms. The first-order valence-corrected chi connectivity index (χ1v) is 7.14. The number of hydrogen-bond acceptors (Lipinski definition) is 4. The van der Waals surface area contributed by atoms with Gasteiger partial charge in [0.25, 0.3) is 0 Å². The summed E-state index contributed by atoms with van der Waals surface area (Å²) in [6.07, 6.45) is 2.89. The van der Waals surface area contributed by atoms with Gasteiger partial charge in [0.05, 0.1) is 13.0 Å². The lowest BCUT2D eigenvalue weighted by Gasteiger charge is -2.30. The van der Waals surface area contributed by atoms with Gasteiger partial charge in [-0.3, -0.25) is 10.1 Å². The third-order valence-corrected chi connectivity index (χ3v) is 3.75. The minimum absolute atomic E-state index is 0.102. The highest BCUT2D eigenvalue weighted by atomic mass is 79.9. The fraction of sp³-hybridized carbons (Fsp3) is 0.462. The summed E-state index contributed by atoms with van der Waals surface area (Å²) >= 11 is 3.29. The van der Waals surface area contributed by atoms with E-state index in [1.54, 1.807) is 17.2 Å². The van der Waals surface area contributed by atoms with Gasteiger partial charge in [-0.2, -0.15) is 0 Å². The minimum Gasteiger partial charge on any atom is -0.469 e. The second kappa shape index (κ2) is 6.69. The van der Waals surface area contributed by atoms with E-state index in [9.17, 15) is 9.59 Å². The molecule has 1 fully saturated rings. The van der Waals surface area contributed by atoms with Crippen LogP contribution in [0.2, 0.25) is 0 Å². The number of amides is 2. The molecule has 2 amide bonds. The third kappa shape index (κ3) is 3.69. The van der Waals surface area contributed by atoms with Crippen molar-refractivity contribution >= 4 is 33.7 Å². The zero-order valence-electron chi connectivity index (χ0n) is 11.1. The highest BCUT2D eigenvalue weighted by Crippen LogP contribution is 2.19. The van der Waals surface area contributed by atoms with E-state index in [0.717, 1.165) is 4.47 Å². The summed E-state index contributed by atoms with van der Waals surface area (Å²) in [6, 6.07) is 3.35. The predicted molar refractivity (Wildman–Crippen MR) is 77.3 cm³/mol. The number of hydrogen-bond donors (Lipinski definition) is 1. The molecule has 2 heterocycles. The van der Waals surface area contributed by atoms with Crippen LogP contribution in [0.1, 0.15) is 12.8 Å². The van der Waals surface area contributed by atoms with Gasteiger partial charge in [0.2, 0.25) is 0 Å². The van der Waals surface area contributed by atoms with Crippen molar-refractivity contribution < 1.29 is 14.3 Å². The number of nitrogens with zero attached hydrogens (tertiary/aromatic N) is 2. The summed E-state index contributed by atoms with van der Waals surface area (Å²) in [4.78, 5) is 29.2. The SMILES string of the molecule is COC(=O)C1CCN(C(=O)Nc2ccc(Br)cn2)CC1. The highest BCUT2D eigenvalue weighted by molar-refractivity contribution is 9.10. The second-order valence-electron chi connectivity index (χ2n) is 4.58. The molecule has 2 rings (SSSR count). The van der Waals surface area contributed by atoms with Gasteiger partial charge in [0.1, 0.15) is 5.82 Å². The first-order valence-electron chi connectivity index (χ1n) is 6.35. The molecule has 1 saturated heterocycles. The number of halogens is 1. The van der Waals surface area contributed by atoms with Crippen molar-refractivity contribution in [1.82, 2.24) is 9.88 Å². The lowest BCUT2D eigenvalue weighted by Crippen LogP contribution is -2.42. The van der Waals surface area contributed by atoms with Crippen molar-refractivity contribution in [3.63, 3.8) is 0 Å². The highest BCUT2D eigenvalue weighted by Gasteiger charge is 2.27. The van der Waals surface area contributed by atoms with Crippen LogP contribution >= 0.6 is 15.9 Å². The number of likely N-dealkylation sites (tertiary alicyclic amines) is 1. The molecule has 1 N–H and O–H groups in total. The number of ether oxygens (including phenoxy) is 1. The molecule has 1 aromatic rings. The van der Waals surface area contributed by atoms with Crippen LogP contribution in [0.15, 0.2) is 22.8 Å². The number of nitrogens with one attached hydrogen (secondary N) is 1. The maximum absolute atomic E-state index is 12.0. The van der Waals surface area contributed by atoms with Crippen molar-refractivity contribution in [1.29, 1.82) is 0 Å². The Morgan fingerprint density at radius 1 is 1.40 bits per heavy atom. The van der Waals surface area contributed by atoms with Gasteiger partial charge >= 0.3 is 12.0 Å². The van der Waals surface area contributed by atoms with Crippen LogP contribution in [-0.4, -0.2) is 42.1 Å². The molecule has 1 aliphatic heterocycles. The van der Waals surface area contributed by atoms with E-state index in [2.05, 4.69) is 26.2 Å².